The third-order valence-electron chi connectivity index (χ3n) is 4.31. The second-order valence-electron chi connectivity index (χ2n) is 6.08. The van der Waals surface area contributed by atoms with Crippen LogP contribution >= 0.6 is 0 Å². The molecular formula is C18H23F3N2O. The monoisotopic (exact) mass is 340 g/mol. The molecule has 24 heavy (non-hydrogen) atoms. The zero-order chi connectivity index (χ0) is 17.6. The highest BCUT2D eigenvalue weighted by Crippen LogP contribution is 2.29. The van der Waals surface area contributed by atoms with Crippen LogP contribution in [0.1, 0.15) is 48.0 Å². The van der Waals surface area contributed by atoms with Gasteiger partial charge < -0.3 is 10.6 Å². The number of hydrogen-bond acceptors (Lipinski definition) is 2. The summed E-state index contributed by atoms with van der Waals surface area (Å²) < 4.78 is 37.7. The van der Waals surface area contributed by atoms with Crippen LogP contribution in [0.2, 0.25) is 0 Å². The van der Waals surface area contributed by atoms with E-state index in [0.717, 1.165) is 50.8 Å². The molecule has 1 fully saturated rings. The first-order chi connectivity index (χ1) is 11.4. The quantitative estimate of drug-likeness (QED) is 0.609. The van der Waals surface area contributed by atoms with Gasteiger partial charge in [-0.3, -0.25) is 4.79 Å². The van der Waals surface area contributed by atoms with E-state index in [-0.39, 0.29) is 23.6 Å². The Balaban J connectivity index is 1.97. The Bertz CT molecular complexity index is 554. The van der Waals surface area contributed by atoms with Gasteiger partial charge in [0, 0.05) is 17.6 Å². The lowest BCUT2D eigenvalue weighted by molar-refractivity contribution is -0.137. The lowest BCUT2D eigenvalue weighted by atomic mass is 9.90. The number of benzene rings is 1. The van der Waals surface area contributed by atoms with Gasteiger partial charge in [-0.05, 0) is 50.1 Å². The van der Waals surface area contributed by atoms with Crippen LogP contribution in [-0.4, -0.2) is 24.5 Å². The minimum Gasteiger partial charge on any atom is -0.348 e. The summed E-state index contributed by atoms with van der Waals surface area (Å²) in [7, 11) is 0. The third-order valence-corrected chi connectivity index (χ3v) is 4.31. The third kappa shape index (κ3) is 5.09. The second kappa shape index (κ2) is 8.33. The average Bonchev–Trinajstić information content (AvgIpc) is 2.56. The van der Waals surface area contributed by atoms with Gasteiger partial charge in [-0.1, -0.05) is 18.9 Å². The lowest BCUT2D eigenvalue weighted by Crippen LogP contribution is -2.51. The molecule has 1 aliphatic carbocycles. The van der Waals surface area contributed by atoms with E-state index in [0.29, 0.717) is 0 Å². The van der Waals surface area contributed by atoms with Crippen molar-refractivity contribution in [2.24, 2.45) is 0 Å². The number of nitrogens with one attached hydrogen (secondary N) is 2. The highest BCUT2D eigenvalue weighted by Gasteiger charge is 2.30. The fourth-order valence-corrected chi connectivity index (χ4v) is 2.98. The first-order valence-corrected chi connectivity index (χ1v) is 8.24. The Morgan fingerprint density at radius 2 is 1.79 bits per heavy atom. The zero-order valence-corrected chi connectivity index (χ0v) is 13.5. The molecule has 1 saturated carbocycles. The molecule has 0 saturated heterocycles. The number of rotatable bonds is 6. The molecule has 0 heterocycles. The predicted octanol–water partition coefficient (Wildman–Crippen LogP) is 3.91. The Kier molecular flexibility index (Phi) is 6.43. The molecular weight excluding hydrogens is 317 g/mol. The molecule has 0 radical (unpaired) electrons. The lowest BCUT2D eigenvalue weighted by Gasteiger charge is -2.33. The summed E-state index contributed by atoms with van der Waals surface area (Å²) >= 11 is 0. The van der Waals surface area contributed by atoms with Crippen molar-refractivity contribution in [1.29, 1.82) is 0 Å². The number of hydrogen-bond donors (Lipinski definition) is 2. The minimum atomic E-state index is -4.39. The average molecular weight is 340 g/mol. The molecule has 2 atom stereocenters. The summed E-state index contributed by atoms with van der Waals surface area (Å²) in [5.74, 6) is -0.328. The van der Waals surface area contributed by atoms with Crippen LogP contribution in [0.5, 0.6) is 0 Å². The number of amides is 1. The van der Waals surface area contributed by atoms with E-state index in [9.17, 15) is 18.0 Å². The Hall–Kier alpha value is -1.82. The Labute approximate surface area is 140 Å². The van der Waals surface area contributed by atoms with E-state index in [1.165, 1.54) is 12.1 Å². The predicted molar refractivity (Wildman–Crippen MR) is 87.8 cm³/mol. The highest BCUT2D eigenvalue weighted by molar-refractivity contribution is 5.94. The van der Waals surface area contributed by atoms with E-state index in [2.05, 4.69) is 17.2 Å². The van der Waals surface area contributed by atoms with Gasteiger partial charge >= 0.3 is 6.18 Å². The fourth-order valence-electron chi connectivity index (χ4n) is 2.98. The molecule has 0 unspecified atom stereocenters. The maximum absolute atomic E-state index is 12.6. The molecule has 0 spiro atoms. The number of carbonyl (C=O) groups is 1. The molecule has 0 bridgehead atoms. The summed E-state index contributed by atoms with van der Waals surface area (Å²) in [4.78, 5) is 12.3. The van der Waals surface area contributed by atoms with Crippen LogP contribution in [0.4, 0.5) is 13.2 Å². The highest BCUT2D eigenvalue weighted by atomic mass is 19.4. The smallest absolute Gasteiger partial charge is 0.348 e. The van der Waals surface area contributed by atoms with Crippen LogP contribution in [0.3, 0.4) is 0 Å². The van der Waals surface area contributed by atoms with Crippen molar-refractivity contribution in [2.45, 2.75) is 50.4 Å². The first-order valence-electron chi connectivity index (χ1n) is 8.24. The molecule has 1 aromatic carbocycles. The second-order valence-corrected chi connectivity index (χ2v) is 6.08. The van der Waals surface area contributed by atoms with Crippen LogP contribution < -0.4 is 10.6 Å². The minimum absolute atomic E-state index is 0.00152. The number of alkyl halides is 3. The Morgan fingerprint density at radius 1 is 1.17 bits per heavy atom. The van der Waals surface area contributed by atoms with Gasteiger partial charge in [-0.15, -0.1) is 6.58 Å². The summed E-state index contributed by atoms with van der Waals surface area (Å²) in [6.07, 6.45) is 2.31. The maximum atomic E-state index is 12.6. The van der Waals surface area contributed by atoms with Crippen molar-refractivity contribution in [1.82, 2.24) is 10.6 Å². The van der Waals surface area contributed by atoms with Crippen LogP contribution in [0.25, 0.3) is 0 Å². The maximum Gasteiger partial charge on any atom is 0.416 e. The van der Waals surface area contributed by atoms with Gasteiger partial charge in [0.25, 0.3) is 5.91 Å². The number of carbonyl (C=O) groups excluding carboxylic acids is 1. The molecule has 3 nitrogen and oxygen atoms in total. The summed E-state index contributed by atoms with van der Waals surface area (Å²) in [6.45, 7) is 4.49. The Morgan fingerprint density at radius 3 is 2.38 bits per heavy atom. The fraction of sp³-hybridized carbons (Fsp3) is 0.500. The van der Waals surface area contributed by atoms with Gasteiger partial charge in [-0.25, -0.2) is 0 Å². The summed E-state index contributed by atoms with van der Waals surface area (Å²) in [5.41, 5.74) is -0.501. The van der Waals surface area contributed by atoms with E-state index in [1.807, 2.05) is 6.08 Å². The van der Waals surface area contributed by atoms with Crippen molar-refractivity contribution >= 4 is 5.91 Å². The topological polar surface area (TPSA) is 41.1 Å². The molecule has 0 aromatic heterocycles. The zero-order valence-electron chi connectivity index (χ0n) is 13.5. The molecule has 0 aliphatic heterocycles. The van der Waals surface area contributed by atoms with E-state index in [1.54, 1.807) is 0 Å². The van der Waals surface area contributed by atoms with Gasteiger partial charge in [0.05, 0.1) is 5.56 Å². The van der Waals surface area contributed by atoms with Gasteiger partial charge in [0.15, 0.2) is 0 Å². The molecule has 1 aromatic rings. The normalized spacial score (nSPS) is 21.3. The molecule has 6 heteroatoms. The van der Waals surface area contributed by atoms with Crippen LogP contribution in [0.15, 0.2) is 36.9 Å². The van der Waals surface area contributed by atoms with Gasteiger partial charge in [-0.2, -0.15) is 13.2 Å². The molecule has 2 N–H and O–H groups in total. The molecule has 132 valence electrons. The largest absolute Gasteiger partial charge is 0.416 e. The summed E-state index contributed by atoms with van der Waals surface area (Å²) in [5, 5.41) is 6.39. The molecule has 2 rings (SSSR count). The van der Waals surface area contributed by atoms with E-state index in [4.69, 9.17) is 0 Å². The van der Waals surface area contributed by atoms with Crippen molar-refractivity contribution in [3.63, 3.8) is 0 Å². The van der Waals surface area contributed by atoms with Gasteiger partial charge in [0.1, 0.15) is 0 Å². The van der Waals surface area contributed by atoms with Crippen LogP contribution in [-0.2, 0) is 6.18 Å². The van der Waals surface area contributed by atoms with Crippen molar-refractivity contribution in [3.8, 4) is 0 Å². The SMILES string of the molecule is C=CCCN[C@@H]1CCCC[C@H]1NC(=O)c1ccc(C(F)(F)F)cc1. The first kappa shape index (κ1) is 18.5. The van der Waals surface area contributed by atoms with Crippen molar-refractivity contribution in [2.75, 3.05) is 6.54 Å². The van der Waals surface area contributed by atoms with E-state index < -0.39 is 11.7 Å². The standard InChI is InChI=1S/C18H23F3N2O/c1-2-3-12-22-15-6-4-5-7-16(15)23-17(24)13-8-10-14(11-9-13)18(19,20)21/h2,8-11,15-16,22H,1,3-7,12H2,(H,23,24)/t15-,16-/m1/s1. The van der Waals surface area contributed by atoms with Crippen molar-refractivity contribution in [3.05, 3.63) is 48.0 Å². The number of halogens is 3. The van der Waals surface area contributed by atoms with Gasteiger partial charge in [0.2, 0.25) is 0 Å². The molecule has 1 aliphatic rings. The van der Waals surface area contributed by atoms with Crippen molar-refractivity contribution < 1.29 is 18.0 Å². The molecule has 1 amide bonds. The van der Waals surface area contributed by atoms with Crippen LogP contribution in [0, 0.1) is 0 Å². The van der Waals surface area contributed by atoms with E-state index >= 15 is 0 Å². The summed E-state index contributed by atoms with van der Waals surface area (Å²) in [6, 6.07) is 4.52.